The van der Waals surface area contributed by atoms with Gasteiger partial charge in [0.15, 0.2) is 5.78 Å². The Morgan fingerprint density at radius 1 is 1.24 bits per heavy atom. The number of H-pyrrole nitrogens is 1. The molecule has 0 bridgehead atoms. The van der Waals surface area contributed by atoms with Crippen LogP contribution in [-0.2, 0) is 4.79 Å². The van der Waals surface area contributed by atoms with E-state index in [1.54, 1.807) is 37.5 Å². The second-order valence-electron chi connectivity index (χ2n) is 8.24. The number of carbonyl (C=O) groups excluding carboxylic acids is 2. The maximum atomic E-state index is 13.5. The molecule has 34 heavy (non-hydrogen) atoms. The number of amides is 1. The molecule has 1 aliphatic rings. The largest absolute Gasteiger partial charge is 0.439 e. The molecular weight excluding hydrogens is 458 g/mol. The van der Waals surface area contributed by atoms with Crippen LogP contribution in [0.15, 0.2) is 48.9 Å². The highest BCUT2D eigenvalue weighted by Crippen LogP contribution is 2.39. The molecule has 0 spiro atoms. The summed E-state index contributed by atoms with van der Waals surface area (Å²) in [7, 11) is 0. The summed E-state index contributed by atoms with van der Waals surface area (Å²) in [5.74, 6) is 0.168. The number of benzene rings is 1. The van der Waals surface area contributed by atoms with Crippen LogP contribution < -0.4 is 15.4 Å². The lowest BCUT2D eigenvalue weighted by molar-refractivity contribution is -0.121. The second-order valence-corrected chi connectivity index (χ2v) is 8.65. The second kappa shape index (κ2) is 8.12. The number of nitrogens with one attached hydrogen (secondary N) is 3. The van der Waals surface area contributed by atoms with Gasteiger partial charge in [-0.05, 0) is 32.0 Å². The third-order valence-electron chi connectivity index (χ3n) is 5.77. The SMILES string of the molecule is Cc1cccnc1Oc1ccc(C(=O)c2c[nH]c3ncc4c(c23)N[C@@](C)(CO)C(=O)N4)c(Cl)c1. The first-order valence-corrected chi connectivity index (χ1v) is 10.8. The Kier molecular flexibility index (Phi) is 5.22. The van der Waals surface area contributed by atoms with E-state index in [4.69, 9.17) is 16.3 Å². The van der Waals surface area contributed by atoms with Gasteiger partial charge in [-0.1, -0.05) is 17.7 Å². The number of halogens is 1. The summed E-state index contributed by atoms with van der Waals surface area (Å²) in [6.07, 6.45) is 4.67. The zero-order valence-electron chi connectivity index (χ0n) is 18.3. The fourth-order valence-corrected chi connectivity index (χ4v) is 4.04. The first kappa shape index (κ1) is 21.9. The van der Waals surface area contributed by atoms with E-state index in [2.05, 4.69) is 25.6 Å². The van der Waals surface area contributed by atoms with Crippen molar-refractivity contribution in [1.29, 1.82) is 0 Å². The molecule has 3 aromatic heterocycles. The number of pyridine rings is 2. The van der Waals surface area contributed by atoms with Gasteiger partial charge in [-0.15, -0.1) is 0 Å². The monoisotopic (exact) mass is 477 g/mol. The molecule has 1 aromatic carbocycles. The van der Waals surface area contributed by atoms with E-state index < -0.39 is 18.1 Å². The molecule has 4 N–H and O–H groups in total. The molecule has 0 radical (unpaired) electrons. The van der Waals surface area contributed by atoms with E-state index in [1.165, 1.54) is 6.20 Å². The van der Waals surface area contributed by atoms with Crippen molar-refractivity contribution in [2.75, 3.05) is 17.2 Å². The van der Waals surface area contributed by atoms with E-state index in [0.29, 0.717) is 39.6 Å². The van der Waals surface area contributed by atoms with Crippen molar-refractivity contribution in [3.8, 4) is 11.6 Å². The van der Waals surface area contributed by atoms with Crippen molar-refractivity contribution in [2.24, 2.45) is 0 Å². The van der Waals surface area contributed by atoms with E-state index in [9.17, 15) is 14.7 Å². The zero-order valence-corrected chi connectivity index (χ0v) is 19.0. The number of aromatic nitrogens is 3. The number of aromatic amines is 1. The van der Waals surface area contributed by atoms with Crippen LogP contribution >= 0.6 is 11.6 Å². The van der Waals surface area contributed by atoms with Gasteiger partial charge in [-0.25, -0.2) is 9.97 Å². The zero-order chi connectivity index (χ0) is 24.0. The van der Waals surface area contributed by atoms with E-state index in [-0.39, 0.29) is 16.4 Å². The first-order chi connectivity index (χ1) is 16.3. The lowest BCUT2D eigenvalue weighted by Gasteiger charge is -2.34. The van der Waals surface area contributed by atoms with Gasteiger partial charge in [0, 0.05) is 29.6 Å². The van der Waals surface area contributed by atoms with Crippen molar-refractivity contribution in [1.82, 2.24) is 15.0 Å². The van der Waals surface area contributed by atoms with Crippen molar-refractivity contribution in [3.05, 3.63) is 70.6 Å². The summed E-state index contributed by atoms with van der Waals surface area (Å²) >= 11 is 6.48. The number of anilines is 2. The number of hydrogen-bond donors (Lipinski definition) is 4. The molecule has 172 valence electrons. The van der Waals surface area contributed by atoms with Gasteiger partial charge in [-0.2, -0.15) is 0 Å². The average molecular weight is 478 g/mol. The molecule has 0 saturated carbocycles. The predicted octanol–water partition coefficient (Wildman–Crippen LogP) is 4.06. The highest BCUT2D eigenvalue weighted by atomic mass is 35.5. The van der Waals surface area contributed by atoms with Crippen molar-refractivity contribution < 1.29 is 19.4 Å². The number of aliphatic hydroxyl groups is 1. The topological polar surface area (TPSA) is 129 Å². The Morgan fingerprint density at radius 3 is 2.79 bits per heavy atom. The maximum absolute atomic E-state index is 13.5. The van der Waals surface area contributed by atoms with Crippen molar-refractivity contribution >= 4 is 45.7 Å². The summed E-state index contributed by atoms with van der Waals surface area (Å²) in [6, 6.07) is 8.50. The predicted molar refractivity (Wildman–Crippen MR) is 128 cm³/mol. The van der Waals surface area contributed by atoms with Gasteiger partial charge < -0.3 is 25.5 Å². The minimum Gasteiger partial charge on any atom is -0.439 e. The number of rotatable bonds is 5. The number of ether oxygens (including phenoxy) is 1. The summed E-state index contributed by atoms with van der Waals surface area (Å²) in [4.78, 5) is 37.4. The minimum atomic E-state index is -1.25. The Labute approximate surface area is 199 Å². The Morgan fingerprint density at radius 2 is 2.06 bits per heavy atom. The van der Waals surface area contributed by atoms with Crippen LogP contribution in [0, 0.1) is 6.92 Å². The van der Waals surface area contributed by atoms with Gasteiger partial charge in [0.05, 0.1) is 40.2 Å². The normalized spacial score (nSPS) is 17.1. The molecule has 1 aliphatic heterocycles. The Balaban J connectivity index is 1.53. The minimum absolute atomic E-state index is 0.213. The number of fused-ring (bicyclic) bond motifs is 3. The van der Waals surface area contributed by atoms with Gasteiger partial charge in [0.1, 0.15) is 16.9 Å². The van der Waals surface area contributed by atoms with Crippen LogP contribution in [0.1, 0.15) is 28.4 Å². The molecular formula is C24H20ClN5O4. The Bertz CT molecular complexity index is 1470. The molecule has 1 amide bonds. The summed E-state index contributed by atoms with van der Waals surface area (Å²) in [5, 5.41) is 16.3. The molecule has 4 aromatic rings. The fraction of sp³-hybridized carbons (Fsp3) is 0.167. The van der Waals surface area contributed by atoms with Crippen molar-refractivity contribution in [2.45, 2.75) is 19.4 Å². The number of carbonyl (C=O) groups is 2. The highest BCUT2D eigenvalue weighted by Gasteiger charge is 2.39. The van der Waals surface area contributed by atoms with Crippen LogP contribution in [0.25, 0.3) is 11.0 Å². The third-order valence-corrected chi connectivity index (χ3v) is 6.09. The lowest BCUT2D eigenvalue weighted by atomic mass is 9.96. The van der Waals surface area contributed by atoms with Crippen LogP contribution in [0.5, 0.6) is 11.6 Å². The first-order valence-electron chi connectivity index (χ1n) is 10.4. The Hall–Kier alpha value is -3.95. The number of aliphatic hydroxyl groups excluding tert-OH is 1. The molecule has 0 unspecified atom stereocenters. The molecule has 0 saturated heterocycles. The van der Waals surface area contributed by atoms with Crippen molar-refractivity contribution in [3.63, 3.8) is 0 Å². The summed E-state index contributed by atoms with van der Waals surface area (Å²) in [5.41, 5.74) is 1.57. The van der Waals surface area contributed by atoms with E-state index >= 15 is 0 Å². The van der Waals surface area contributed by atoms with Crippen LogP contribution in [0.2, 0.25) is 5.02 Å². The molecule has 5 rings (SSSR count). The smallest absolute Gasteiger partial charge is 0.252 e. The van der Waals surface area contributed by atoms with Crippen LogP contribution in [0.3, 0.4) is 0 Å². The standard InChI is InChI=1S/C24H20ClN5O4/c1-12-4-3-7-26-22(12)34-13-5-6-14(16(25)8-13)20(32)15-9-27-21-18(15)19-17(10-28-21)29-23(33)24(2,11-31)30-19/h3-10,30-31H,11H2,1-2H3,(H,27,28)(H,29,33)/t24-/m0/s1. The fourth-order valence-electron chi connectivity index (χ4n) is 3.78. The van der Waals surface area contributed by atoms with Crippen LogP contribution in [-0.4, -0.2) is 43.9 Å². The van der Waals surface area contributed by atoms with E-state index in [1.807, 2.05) is 19.1 Å². The van der Waals surface area contributed by atoms with Crippen LogP contribution in [0.4, 0.5) is 11.4 Å². The van der Waals surface area contributed by atoms with Gasteiger partial charge in [-0.3, -0.25) is 9.59 Å². The lowest BCUT2D eigenvalue weighted by Crippen LogP contribution is -2.53. The summed E-state index contributed by atoms with van der Waals surface area (Å²) < 4.78 is 5.81. The maximum Gasteiger partial charge on any atom is 0.252 e. The number of aryl methyl sites for hydroxylation is 1. The molecule has 4 heterocycles. The molecule has 1 atom stereocenters. The van der Waals surface area contributed by atoms with Gasteiger partial charge >= 0.3 is 0 Å². The van der Waals surface area contributed by atoms with Gasteiger partial charge in [0.25, 0.3) is 5.91 Å². The number of nitrogens with zero attached hydrogens (tertiary/aromatic N) is 2. The molecule has 0 fully saturated rings. The molecule has 9 nitrogen and oxygen atoms in total. The molecule has 10 heteroatoms. The van der Waals surface area contributed by atoms with Gasteiger partial charge in [0.2, 0.25) is 5.88 Å². The third kappa shape index (κ3) is 3.55. The average Bonchev–Trinajstić information content (AvgIpc) is 3.26. The van der Waals surface area contributed by atoms with E-state index in [0.717, 1.165) is 5.56 Å². The molecule has 0 aliphatic carbocycles. The number of ketones is 1. The summed E-state index contributed by atoms with van der Waals surface area (Å²) in [6.45, 7) is 3.02. The quantitative estimate of drug-likeness (QED) is 0.319. The number of hydrogen-bond acceptors (Lipinski definition) is 7. The highest BCUT2D eigenvalue weighted by molar-refractivity contribution is 6.36.